The van der Waals surface area contributed by atoms with Gasteiger partial charge in [-0.1, -0.05) is 0 Å². The van der Waals surface area contributed by atoms with Gasteiger partial charge in [-0.2, -0.15) is 0 Å². The van der Waals surface area contributed by atoms with Crippen molar-refractivity contribution in [1.82, 2.24) is 0 Å². The number of hydrogen-bond acceptors (Lipinski definition) is 3. The van der Waals surface area contributed by atoms with Crippen LogP contribution in [0.4, 0.5) is 0 Å². The van der Waals surface area contributed by atoms with Crippen molar-refractivity contribution in [3.05, 3.63) is 5.21 Å². The Balaban J connectivity index is 2.50. The van der Waals surface area contributed by atoms with Crippen molar-refractivity contribution in [3.63, 3.8) is 0 Å². The van der Waals surface area contributed by atoms with E-state index in [1.165, 1.54) is 0 Å². The molecule has 4 nitrogen and oxygen atoms in total. The van der Waals surface area contributed by atoms with Crippen molar-refractivity contribution in [2.45, 2.75) is 6.10 Å². The molecule has 0 saturated carbocycles. The van der Waals surface area contributed by atoms with Crippen LogP contribution < -0.4 is 0 Å². The zero-order valence-electron chi connectivity index (χ0n) is 3.57. The summed E-state index contributed by atoms with van der Waals surface area (Å²) in [6.45, 7) is 0.0868. The van der Waals surface area contributed by atoms with Crippen molar-refractivity contribution in [2.75, 3.05) is 6.61 Å². The highest BCUT2D eigenvalue weighted by Gasteiger charge is 2.12. The van der Waals surface area contributed by atoms with Crippen molar-refractivity contribution >= 4 is 6.21 Å². The lowest BCUT2D eigenvalue weighted by atomic mass is 10.4. The molecule has 0 aromatic heterocycles. The molecule has 1 aliphatic heterocycles. The van der Waals surface area contributed by atoms with Gasteiger partial charge in [0.15, 0.2) is 6.10 Å². The van der Waals surface area contributed by atoms with Crippen LogP contribution >= 0.6 is 0 Å². The average molecular weight is 103 g/mol. The van der Waals surface area contributed by atoms with Crippen LogP contribution in [0.25, 0.3) is 0 Å². The lowest BCUT2D eigenvalue weighted by Crippen LogP contribution is -2.06. The van der Waals surface area contributed by atoms with E-state index in [0.717, 1.165) is 6.21 Å². The molecule has 0 aliphatic carbocycles. The van der Waals surface area contributed by atoms with Gasteiger partial charge in [0.05, 0.1) is 6.61 Å². The fourth-order valence-corrected chi connectivity index (χ4v) is 0.376. The van der Waals surface area contributed by atoms with Gasteiger partial charge < -0.3 is 9.94 Å². The van der Waals surface area contributed by atoms with Crippen molar-refractivity contribution in [3.8, 4) is 0 Å². The molecule has 1 unspecified atom stereocenters. The molecular weight excluding hydrogens is 98.0 g/mol. The highest BCUT2D eigenvalue weighted by Crippen LogP contribution is 1.89. The van der Waals surface area contributed by atoms with E-state index in [4.69, 9.17) is 5.11 Å². The molecule has 0 saturated heterocycles. The molecule has 0 aromatic rings. The Hall–Kier alpha value is -0.770. The number of rotatable bonds is 0. The molecule has 0 spiro atoms. The summed E-state index contributed by atoms with van der Waals surface area (Å²) in [6, 6.07) is 0. The summed E-state index contributed by atoms with van der Waals surface area (Å²) in [6.07, 6.45) is 0.345. The third-order valence-corrected chi connectivity index (χ3v) is 0.666. The van der Waals surface area contributed by atoms with Crippen LogP contribution in [-0.4, -0.2) is 28.9 Å². The second kappa shape index (κ2) is 1.38. The SMILES string of the molecule is [O-][N+]1=CC(O)CO1. The monoisotopic (exact) mass is 103 g/mol. The van der Waals surface area contributed by atoms with E-state index >= 15 is 0 Å². The summed E-state index contributed by atoms with van der Waals surface area (Å²) in [5, 5.41) is 18.4. The first-order chi connectivity index (χ1) is 3.29. The summed E-state index contributed by atoms with van der Waals surface area (Å²) in [5.41, 5.74) is 0. The Morgan fingerprint density at radius 3 is 2.86 bits per heavy atom. The van der Waals surface area contributed by atoms with E-state index in [-0.39, 0.29) is 11.5 Å². The molecule has 4 heteroatoms. The molecule has 0 amide bonds. The van der Waals surface area contributed by atoms with Gasteiger partial charge in [0.1, 0.15) is 0 Å². The van der Waals surface area contributed by atoms with Gasteiger partial charge in [-0.3, -0.25) is 5.21 Å². The molecule has 0 bridgehead atoms. The first-order valence-corrected chi connectivity index (χ1v) is 1.91. The topological polar surface area (TPSA) is 55.5 Å². The quantitative estimate of drug-likeness (QED) is 0.395. The van der Waals surface area contributed by atoms with Gasteiger partial charge in [0.25, 0.3) is 0 Å². The zero-order valence-corrected chi connectivity index (χ0v) is 3.57. The second-order valence-electron chi connectivity index (χ2n) is 1.30. The predicted molar refractivity (Wildman–Crippen MR) is 21.7 cm³/mol. The lowest BCUT2D eigenvalue weighted by Gasteiger charge is -1.91. The van der Waals surface area contributed by atoms with Crippen molar-refractivity contribution < 1.29 is 14.8 Å². The van der Waals surface area contributed by atoms with E-state index in [1.807, 2.05) is 0 Å². The molecule has 1 heterocycles. The highest BCUT2D eigenvalue weighted by atomic mass is 16.9. The van der Waals surface area contributed by atoms with E-state index < -0.39 is 6.10 Å². The number of aliphatic hydroxyl groups excluding tert-OH is 1. The fraction of sp³-hybridized carbons (Fsp3) is 0.667. The van der Waals surface area contributed by atoms with Crippen LogP contribution in [0.2, 0.25) is 0 Å². The van der Waals surface area contributed by atoms with E-state index in [2.05, 4.69) is 4.84 Å². The maximum absolute atomic E-state index is 9.93. The normalized spacial score (nSPS) is 29.3. The maximum Gasteiger partial charge on any atom is 0.239 e. The van der Waals surface area contributed by atoms with Crippen LogP contribution in [0, 0.1) is 5.21 Å². The minimum atomic E-state index is -0.711. The predicted octanol–water partition coefficient (Wildman–Crippen LogP) is -1.13. The van der Waals surface area contributed by atoms with Gasteiger partial charge in [-0.15, -0.1) is 0 Å². The van der Waals surface area contributed by atoms with Gasteiger partial charge in [0, 0.05) is 4.90 Å². The fourth-order valence-electron chi connectivity index (χ4n) is 0.376. The zero-order chi connectivity index (χ0) is 5.28. The first kappa shape index (κ1) is 4.39. The Morgan fingerprint density at radius 2 is 2.71 bits per heavy atom. The van der Waals surface area contributed by atoms with E-state index in [0.29, 0.717) is 0 Å². The Labute approximate surface area is 40.2 Å². The molecule has 0 aromatic carbocycles. The average Bonchev–Trinajstić information content (AvgIpc) is 1.87. The number of aliphatic hydroxyl groups is 1. The minimum absolute atomic E-state index is 0.0868. The third-order valence-electron chi connectivity index (χ3n) is 0.666. The molecule has 7 heavy (non-hydrogen) atoms. The minimum Gasteiger partial charge on any atom is -0.400 e. The standard InChI is InChI=1S/C3H5NO3/c5-3-1-4(6)7-2-3/h1,3,5H,2H2. The smallest absolute Gasteiger partial charge is 0.239 e. The van der Waals surface area contributed by atoms with Crippen LogP contribution in [-0.2, 0) is 4.84 Å². The molecule has 40 valence electrons. The summed E-state index contributed by atoms with van der Waals surface area (Å²) in [4.78, 5) is 4.49. The van der Waals surface area contributed by atoms with Gasteiger partial charge >= 0.3 is 0 Å². The largest absolute Gasteiger partial charge is 0.400 e. The second-order valence-corrected chi connectivity index (χ2v) is 1.30. The molecule has 1 atom stereocenters. The third kappa shape index (κ3) is 0.806. The first-order valence-electron chi connectivity index (χ1n) is 1.91. The van der Waals surface area contributed by atoms with Crippen LogP contribution in [0.15, 0.2) is 0 Å². The lowest BCUT2D eigenvalue weighted by molar-refractivity contribution is -0.728. The molecule has 1 aliphatic rings. The Bertz CT molecular complexity index is 100. The summed E-state index contributed by atoms with van der Waals surface area (Å²) in [5.74, 6) is 0. The van der Waals surface area contributed by atoms with Gasteiger partial charge in [0.2, 0.25) is 6.21 Å². The molecule has 1 rings (SSSR count). The highest BCUT2D eigenvalue weighted by molar-refractivity contribution is 5.57. The Kier molecular flexibility index (Phi) is 0.867. The van der Waals surface area contributed by atoms with E-state index in [9.17, 15) is 5.21 Å². The maximum atomic E-state index is 9.93. The van der Waals surface area contributed by atoms with Gasteiger partial charge in [-0.25, -0.2) is 0 Å². The molecule has 0 radical (unpaired) electrons. The van der Waals surface area contributed by atoms with Crippen LogP contribution in [0.1, 0.15) is 0 Å². The molecular formula is C3H5NO3. The molecule has 1 N–H and O–H groups in total. The van der Waals surface area contributed by atoms with Crippen LogP contribution in [0.5, 0.6) is 0 Å². The molecule has 0 fully saturated rings. The summed E-state index contributed by atoms with van der Waals surface area (Å²) < 4.78 is 0. The van der Waals surface area contributed by atoms with Crippen molar-refractivity contribution in [1.29, 1.82) is 0 Å². The van der Waals surface area contributed by atoms with Crippen LogP contribution in [0.3, 0.4) is 0 Å². The summed E-state index contributed by atoms with van der Waals surface area (Å²) in [7, 11) is 0. The van der Waals surface area contributed by atoms with Gasteiger partial charge in [-0.05, 0) is 0 Å². The number of nitrogens with zero attached hydrogens (tertiary/aromatic N) is 1. The van der Waals surface area contributed by atoms with E-state index in [1.54, 1.807) is 0 Å². The van der Waals surface area contributed by atoms with Crippen molar-refractivity contribution in [2.24, 2.45) is 0 Å². The number of hydrogen-bond donors (Lipinski definition) is 1. The summed E-state index contributed by atoms with van der Waals surface area (Å²) >= 11 is 0. The Morgan fingerprint density at radius 1 is 2.00 bits per heavy atom.